The molecule has 1 aromatic carbocycles. The zero-order valence-corrected chi connectivity index (χ0v) is 11.0. The second-order valence-electron chi connectivity index (χ2n) is 2.98. The summed E-state index contributed by atoms with van der Waals surface area (Å²) in [5.74, 6) is 0. The molecule has 0 saturated heterocycles. The van der Waals surface area contributed by atoms with Crippen molar-refractivity contribution < 1.29 is 0 Å². The monoisotopic (exact) mass is 237 g/mol. The Bertz CT molecular complexity index is 257. The minimum absolute atomic E-state index is 0.743. The standard InChI is InChI=1S/C6H13N.C6H6S.C2H4/c1-3-6(2)4-5-7;7-6-4-2-1-3-5-6;1-2/h2-5,7H2,1H3;1-5,7H;1-2H2. The first-order valence-electron chi connectivity index (χ1n) is 5.31. The number of rotatable bonds is 3. The van der Waals surface area contributed by atoms with Crippen LogP contribution in [-0.2, 0) is 0 Å². The van der Waals surface area contributed by atoms with Crippen molar-refractivity contribution in [2.75, 3.05) is 6.54 Å². The average molecular weight is 237 g/mol. The molecular weight excluding hydrogens is 214 g/mol. The summed E-state index contributed by atoms with van der Waals surface area (Å²) in [5, 5.41) is 0. The van der Waals surface area contributed by atoms with Gasteiger partial charge in [-0.2, -0.15) is 0 Å². The molecule has 1 rings (SSSR count). The van der Waals surface area contributed by atoms with Crippen LogP contribution in [-0.4, -0.2) is 6.54 Å². The van der Waals surface area contributed by atoms with Gasteiger partial charge in [0.15, 0.2) is 0 Å². The largest absolute Gasteiger partial charge is 0.330 e. The fourth-order valence-electron chi connectivity index (χ4n) is 0.809. The maximum atomic E-state index is 5.24. The normalized spacial score (nSPS) is 7.94. The third-order valence-electron chi connectivity index (χ3n) is 1.75. The van der Waals surface area contributed by atoms with Crippen LogP contribution in [0.15, 0.2) is 60.5 Å². The van der Waals surface area contributed by atoms with Gasteiger partial charge in [-0.1, -0.05) is 37.3 Å². The van der Waals surface area contributed by atoms with Gasteiger partial charge < -0.3 is 5.73 Å². The van der Waals surface area contributed by atoms with Gasteiger partial charge in [0.2, 0.25) is 0 Å². The minimum atomic E-state index is 0.743. The Morgan fingerprint density at radius 3 is 1.94 bits per heavy atom. The van der Waals surface area contributed by atoms with E-state index in [1.165, 1.54) is 5.57 Å². The van der Waals surface area contributed by atoms with E-state index >= 15 is 0 Å². The molecule has 0 radical (unpaired) electrons. The summed E-state index contributed by atoms with van der Waals surface area (Å²) in [6.07, 6.45) is 2.05. The molecule has 90 valence electrons. The van der Waals surface area contributed by atoms with Crippen LogP contribution in [0.2, 0.25) is 0 Å². The number of hydrogen-bond donors (Lipinski definition) is 2. The summed E-state index contributed by atoms with van der Waals surface area (Å²) in [4.78, 5) is 1.02. The molecule has 0 saturated carbocycles. The molecule has 0 bridgehead atoms. The summed E-state index contributed by atoms with van der Waals surface area (Å²) < 4.78 is 0. The van der Waals surface area contributed by atoms with Crippen LogP contribution in [0.5, 0.6) is 0 Å². The molecule has 16 heavy (non-hydrogen) atoms. The molecule has 0 aliphatic rings. The second-order valence-corrected chi connectivity index (χ2v) is 3.49. The number of benzene rings is 1. The maximum absolute atomic E-state index is 5.24. The molecule has 2 heteroatoms. The van der Waals surface area contributed by atoms with E-state index in [1.54, 1.807) is 0 Å². The highest BCUT2D eigenvalue weighted by Gasteiger charge is 1.83. The van der Waals surface area contributed by atoms with E-state index in [4.69, 9.17) is 5.73 Å². The lowest BCUT2D eigenvalue weighted by molar-refractivity contribution is 0.899. The van der Waals surface area contributed by atoms with Crippen LogP contribution >= 0.6 is 12.6 Å². The van der Waals surface area contributed by atoms with E-state index in [9.17, 15) is 0 Å². The molecule has 0 unspecified atom stereocenters. The third-order valence-corrected chi connectivity index (χ3v) is 2.05. The Hall–Kier alpha value is -0.990. The van der Waals surface area contributed by atoms with Crippen LogP contribution in [0.1, 0.15) is 19.8 Å². The molecule has 0 heterocycles. The summed E-state index contributed by atoms with van der Waals surface area (Å²) >= 11 is 4.08. The van der Waals surface area contributed by atoms with E-state index < -0.39 is 0 Å². The highest BCUT2D eigenvalue weighted by atomic mass is 32.1. The number of thiol groups is 1. The first kappa shape index (κ1) is 17.4. The molecule has 1 aromatic rings. The predicted molar refractivity (Wildman–Crippen MR) is 78.1 cm³/mol. The lowest BCUT2D eigenvalue weighted by Crippen LogP contribution is -1.98. The summed E-state index contributed by atoms with van der Waals surface area (Å²) in [6, 6.07) is 9.79. The van der Waals surface area contributed by atoms with Gasteiger partial charge in [0, 0.05) is 4.90 Å². The number of hydrogen-bond acceptors (Lipinski definition) is 2. The quantitative estimate of drug-likeness (QED) is 0.601. The van der Waals surface area contributed by atoms with Gasteiger partial charge in [0.25, 0.3) is 0 Å². The van der Waals surface area contributed by atoms with Crippen molar-refractivity contribution in [3.8, 4) is 0 Å². The van der Waals surface area contributed by atoms with Crippen molar-refractivity contribution in [2.24, 2.45) is 5.73 Å². The van der Waals surface area contributed by atoms with Gasteiger partial charge >= 0.3 is 0 Å². The molecular formula is C14H23NS. The van der Waals surface area contributed by atoms with Crippen molar-refractivity contribution >= 4 is 12.6 Å². The molecule has 0 spiro atoms. The molecule has 0 atom stereocenters. The Kier molecular flexibility index (Phi) is 15.2. The highest BCUT2D eigenvalue weighted by Crippen LogP contribution is 2.00. The third kappa shape index (κ3) is 13.0. The Morgan fingerprint density at radius 2 is 1.75 bits per heavy atom. The van der Waals surface area contributed by atoms with Crippen molar-refractivity contribution in [3.63, 3.8) is 0 Å². The first-order chi connectivity index (χ1) is 7.70. The van der Waals surface area contributed by atoms with E-state index in [2.05, 4.69) is 39.3 Å². The second kappa shape index (κ2) is 14.0. The summed E-state index contributed by atoms with van der Waals surface area (Å²) in [5.41, 5.74) is 6.50. The molecule has 0 aliphatic carbocycles. The van der Waals surface area contributed by atoms with Gasteiger partial charge in [0.05, 0.1) is 0 Å². The van der Waals surface area contributed by atoms with Crippen molar-refractivity contribution in [1.82, 2.24) is 0 Å². The van der Waals surface area contributed by atoms with Crippen LogP contribution in [0.25, 0.3) is 0 Å². The van der Waals surface area contributed by atoms with Crippen molar-refractivity contribution in [2.45, 2.75) is 24.7 Å². The number of nitrogens with two attached hydrogens (primary N) is 1. The van der Waals surface area contributed by atoms with Crippen LogP contribution in [0.3, 0.4) is 0 Å². The van der Waals surface area contributed by atoms with E-state index in [0.717, 1.165) is 24.3 Å². The minimum Gasteiger partial charge on any atom is -0.330 e. The van der Waals surface area contributed by atoms with Crippen LogP contribution in [0.4, 0.5) is 0 Å². The molecule has 0 aliphatic heterocycles. The maximum Gasteiger partial charge on any atom is 0.00399 e. The molecule has 0 aromatic heterocycles. The van der Waals surface area contributed by atoms with Crippen molar-refractivity contribution in [3.05, 3.63) is 55.6 Å². The molecule has 2 N–H and O–H groups in total. The highest BCUT2D eigenvalue weighted by molar-refractivity contribution is 7.80. The molecule has 1 nitrogen and oxygen atoms in total. The Morgan fingerprint density at radius 1 is 1.25 bits per heavy atom. The average Bonchev–Trinajstić information content (AvgIpc) is 2.34. The topological polar surface area (TPSA) is 26.0 Å². The van der Waals surface area contributed by atoms with Crippen molar-refractivity contribution in [1.29, 1.82) is 0 Å². The Balaban J connectivity index is 0. The predicted octanol–water partition coefficient (Wildman–Crippen LogP) is 4.08. The smallest absolute Gasteiger partial charge is 0.00399 e. The lowest BCUT2D eigenvalue weighted by atomic mass is 10.2. The SMILES string of the molecule is C=C.C=C(CC)CCN.Sc1ccccc1. The zero-order valence-electron chi connectivity index (χ0n) is 10.2. The van der Waals surface area contributed by atoms with Gasteiger partial charge in [-0.25, -0.2) is 0 Å². The van der Waals surface area contributed by atoms with Gasteiger partial charge in [-0.15, -0.1) is 25.8 Å². The van der Waals surface area contributed by atoms with Gasteiger partial charge in [-0.05, 0) is 31.5 Å². The van der Waals surface area contributed by atoms with Crippen LogP contribution in [0, 0.1) is 0 Å². The zero-order chi connectivity index (χ0) is 12.8. The first-order valence-corrected chi connectivity index (χ1v) is 5.76. The fourth-order valence-corrected chi connectivity index (χ4v) is 0.981. The Labute approximate surface area is 105 Å². The van der Waals surface area contributed by atoms with E-state index in [0.29, 0.717) is 0 Å². The lowest BCUT2D eigenvalue weighted by Gasteiger charge is -1.94. The van der Waals surface area contributed by atoms with Crippen LogP contribution < -0.4 is 5.73 Å². The van der Waals surface area contributed by atoms with Gasteiger partial charge in [-0.3, -0.25) is 0 Å². The van der Waals surface area contributed by atoms with E-state index in [1.807, 2.05) is 30.3 Å². The van der Waals surface area contributed by atoms with Gasteiger partial charge in [0.1, 0.15) is 0 Å². The summed E-state index contributed by atoms with van der Waals surface area (Å²) in [7, 11) is 0. The fraction of sp³-hybridized carbons (Fsp3) is 0.286. The van der Waals surface area contributed by atoms with E-state index in [-0.39, 0.29) is 0 Å². The molecule has 0 fully saturated rings. The molecule has 0 amide bonds. The summed E-state index contributed by atoms with van der Waals surface area (Å²) in [6.45, 7) is 12.6.